The SMILES string of the molecule is CCOC(=O)c1[nH]c(C=O)c(-c2ccc(C)cc2)c1-c1ccc(C)cc1. The molecule has 1 heterocycles. The zero-order valence-electron chi connectivity index (χ0n) is 15.1. The molecule has 0 aliphatic heterocycles. The van der Waals surface area contributed by atoms with Gasteiger partial charge in [-0.3, -0.25) is 4.79 Å². The lowest BCUT2D eigenvalue weighted by Crippen LogP contribution is -2.06. The van der Waals surface area contributed by atoms with E-state index in [4.69, 9.17) is 4.74 Å². The summed E-state index contributed by atoms with van der Waals surface area (Å²) in [5, 5.41) is 0. The number of aryl methyl sites for hydroxylation is 2. The first kappa shape index (κ1) is 17.7. The Hall–Kier alpha value is -3.14. The standard InChI is InChI=1S/C22H21NO3/c1-4-26-22(25)21-20(17-11-7-15(3)8-12-17)19(18(13-24)23-21)16-9-5-14(2)6-10-16/h5-13,23H,4H2,1-3H3. The lowest BCUT2D eigenvalue weighted by molar-refractivity contribution is 0.0521. The minimum atomic E-state index is -0.468. The summed E-state index contributed by atoms with van der Waals surface area (Å²) in [6.07, 6.45) is 0.746. The Kier molecular flexibility index (Phi) is 5.03. The first-order valence-corrected chi connectivity index (χ1v) is 8.57. The van der Waals surface area contributed by atoms with Gasteiger partial charge in [0.15, 0.2) is 6.29 Å². The van der Waals surface area contributed by atoms with Gasteiger partial charge in [-0.1, -0.05) is 59.7 Å². The Bertz CT molecular complexity index is 935. The van der Waals surface area contributed by atoms with Crippen LogP contribution in [0.25, 0.3) is 22.3 Å². The highest BCUT2D eigenvalue weighted by molar-refractivity contribution is 6.05. The number of aromatic amines is 1. The van der Waals surface area contributed by atoms with Crippen molar-refractivity contribution in [1.82, 2.24) is 4.98 Å². The summed E-state index contributed by atoms with van der Waals surface area (Å²) in [5.74, 6) is -0.468. The Morgan fingerprint density at radius 1 is 0.923 bits per heavy atom. The summed E-state index contributed by atoms with van der Waals surface area (Å²) < 4.78 is 5.20. The van der Waals surface area contributed by atoms with E-state index in [9.17, 15) is 9.59 Å². The minimum Gasteiger partial charge on any atom is -0.461 e. The fraction of sp³-hybridized carbons (Fsp3) is 0.182. The highest BCUT2D eigenvalue weighted by atomic mass is 16.5. The van der Waals surface area contributed by atoms with E-state index in [1.165, 1.54) is 0 Å². The second kappa shape index (κ2) is 7.40. The molecule has 0 fully saturated rings. The Labute approximate surface area is 152 Å². The molecule has 0 unspecified atom stereocenters. The predicted octanol–water partition coefficient (Wildman–Crippen LogP) is 4.95. The summed E-state index contributed by atoms with van der Waals surface area (Å²) in [6, 6.07) is 15.8. The van der Waals surface area contributed by atoms with Gasteiger partial charge in [0.05, 0.1) is 12.3 Å². The third-order valence-electron chi connectivity index (χ3n) is 4.31. The fourth-order valence-electron chi connectivity index (χ4n) is 2.99. The predicted molar refractivity (Wildman–Crippen MR) is 102 cm³/mol. The lowest BCUT2D eigenvalue weighted by Gasteiger charge is -2.09. The van der Waals surface area contributed by atoms with Crippen LogP contribution in [0.5, 0.6) is 0 Å². The van der Waals surface area contributed by atoms with Crippen molar-refractivity contribution in [1.29, 1.82) is 0 Å². The topological polar surface area (TPSA) is 59.2 Å². The third kappa shape index (κ3) is 3.31. The van der Waals surface area contributed by atoms with Crippen LogP contribution in [0.2, 0.25) is 0 Å². The normalized spacial score (nSPS) is 10.6. The van der Waals surface area contributed by atoms with Crippen LogP contribution in [0.4, 0.5) is 0 Å². The Morgan fingerprint density at radius 2 is 1.42 bits per heavy atom. The molecule has 0 bridgehead atoms. The number of esters is 1. The van der Waals surface area contributed by atoms with Gasteiger partial charge < -0.3 is 9.72 Å². The molecule has 0 spiro atoms. The molecule has 1 aromatic heterocycles. The van der Waals surface area contributed by atoms with Gasteiger partial charge in [0.2, 0.25) is 0 Å². The van der Waals surface area contributed by atoms with Crippen LogP contribution in [0.3, 0.4) is 0 Å². The average Bonchev–Trinajstić information content (AvgIpc) is 3.03. The molecule has 1 N–H and O–H groups in total. The number of rotatable bonds is 5. The molecule has 0 atom stereocenters. The zero-order valence-corrected chi connectivity index (χ0v) is 15.1. The van der Waals surface area contributed by atoms with Crippen molar-refractivity contribution in [3.8, 4) is 22.3 Å². The van der Waals surface area contributed by atoms with Crippen LogP contribution < -0.4 is 0 Å². The molecule has 0 saturated heterocycles. The van der Waals surface area contributed by atoms with Crippen LogP contribution in [0.15, 0.2) is 48.5 Å². The number of aldehydes is 1. The number of aromatic nitrogens is 1. The van der Waals surface area contributed by atoms with Gasteiger partial charge in [-0.25, -0.2) is 4.79 Å². The summed E-state index contributed by atoms with van der Waals surface area (Å²) in [5.41, 5.74) is 6.05. The molecule has 3 rings (SSSR count). The van der Waals surface area contributed by atoms with E-state index < -0.39 is 5.97 Å². The van der Waals surface area contributed by atoms with Crippen LogP contribution in [0.1, 0.15) is 39.0 Å². The van der Waals surface area contributed by atoms with E-state index in [1.54, 1.807) is 6.92 Å². The largest absolute Gasteiger partial charge is 0.461 e. The second-order valence-corrected chi connectivity index (χ2v) is 6.23. The van der Waals surface area contributed by atoms with E-state index in [-0.39, 0.29) is 6.61 Å². The quantitative estimate of drug-likeness (QED) is 0.524. The van der Waals surface area contributed by atoms with E-state index in [1.807, 2.05) is 62.4 Å². The number of carbonyl (C=O) groups is 2. The number of carbonyl (C=O) groups excluding carboxylic acids is 2. The number of hydrogen-bond acceptors (Lipinski definition) is 3. The van der Waals surface area contributed by atoms with Gasteiger partial charge in [-0.2, -0.15) is 0 Å². The summed E-state index contributed by atoms with van der Waals surface area (Å²) >= 11 is 0. The third-order valence-corrected chi connectivity index (χ3v) is 4.31. The number of ether oxygens (including phenoxy) is 1. The molecule has 26 heavy (non-hydrogen) atoms. The van der Waals surface area contributed by atoms with Crippen molar-refractivity contribution in [2.24, 2.45) is 0 Å². The van der Waals surface area contributed by atoms with Crippen LogP contribution in [-0.2, 0) is 4.74 Å². The molecule has 0 aliphatic carbocycles. The molecular weight excluding hydrogens is 326 g/mol. The second-order valence-electron chi connectivity index (χ2n) is 6.23. The Morgan fingerprint density at radius 3 is 1.88 bits per heavy atom. The molecule has 4 heteroatoms. The first-order chi connectivity index (χ1) is 12.5. The molecule has 4 nitrogen and oxygen atoms in total. The summed E-state index contributed by atoms with van der Waals surface area (Å²) in [6.45, 7) is 6.03. The van der Waals surface area contributed by atoms with Crippen LogP contribution in [0, 0.1) is 13.8 Å². The van der Waals surface area contributed by atoms with Gasteiger partial charge >= 0.3 is 5.97 Å². The van der Waals surface area contributed by atoms with E-state index >= 15 is 0 Å². The summed E-state index contributed by atoms with van der Waals surface area (Å²) in [4.78, 5) is 27.2. The smallest absolute Gasteiger partial charge is 0.355 e. The maximum Gasteiger partial charge on any atom is 0.355 e. The van der Waals surface area contributed by atoms with Crippen molar-refractivity contribution in [3.05, 3.63) is 71.0 Å². The molecule has 3 aromatic rings. The van der Waals surface area contributed by atoms with Crippen molar-refractivity contribution in [3.63, 3.8) is 0 Å². The monoisotopic (exact) mass is 347 g/mol. The molecule has 132 valence electrons. The number of hydrogen-bond donors (Lipinski definition) is 1. The van der Waals surface area contributed by atoms with Crippen molar-refractivity contribution >= 4 is 12.3 Å². The molecular formula is C22H21NO3. The number of H-pyrrole nitrogens is 1. The highest BCUT2D eigenvalue weighted by Gasteiger charge is 2.25. The maximum absolute atomic E-state index is 12.5. The molecule has 0 saturated carbocycles. The molecule has 0 aliphatic rings. The fourth-order valence-corrected chi connectivity index (χ4v) is 2.99. The van der Waals surface area contributed by atoms with Crippen molar-refractivity contribution < 1.29 is 14.3 Å². The number of benzene rings is 2. The minimum absolute atomic E-state index is 0.265. The molecule has 0 radical (unpaired) electrons. The van der Waals surface area contributed by atoms with Gasteiger partial charge in [0.1, 0.15) is 5.69 Å². The van der Waals surface area contributed by atoms with Crippen LogP contribution >= 0.6 is 0 Å². The van der Waals surface area contributed by atoms with E-state index in [2.05, 4.69) is 4.98 Å². The van der Waals surface area contributed by atoms with Gasteiger partial charge in [-0.05, 0) is 31.9 Å². The van der Waals surface area contributed by atoms with Crippen molar-refractivity contribution in [2.45, 2.75) is 20.8 Å². The average molecular weight is 347 g/mol. The first-order valence-electron chi connectivity index (χ1n) is 8.57. The molecule has 2 aromatic carbocycles. The molecule has 0 amide bonds. The zero-order chi connectivity index (χ0) is 18.7. The highest BCUT2D eigenvalue weighted by Crippen LogP contribution is 2.38. The lowest BCUT2D eigenvalue weighted by atomic mass is 9.94. The van der Waals surface area contributed by atoms with E-state index in [0.29, 0.717) is 22.5 Å². The maximum atomic E-state index is 12.5. The Balaban J connectivity index is 2.30. The van der Waals surface area contributed by atoms with Crippen molar-refractivity contribution in [2.75, 3.05) is 6.61 Å². The van der Waals surface area contributed by atoms with E-state index in [0.717, 1.165) is 28.5 Å². The van der Waals surface area contributed by atoms with Gasteiger partial charge in [0.25, 0.3) is 0 Å². The van der Waals surface area contributed by atoms with Gasteiger partial charge in [-0.15, -0.1) is 0 Å². The van der Waals surface area contributed by atoms with Gasteiger partial charge in [0, 0.05) is 11.1 Å². The van der Waals surface area contributed by atoms with Crippen LogP contribution in [-0.4, -0.2) is 23.8 Å². The number of nitrogens with one attached hydrogen (secondary N) is 1. The summed E-state index contributed by atoms with van der Waals surface area (Å²) in [7, 11) is 0.